The fraction of sp³-hybridized carbons (Fsp3) is 0.720. The van der Waals surface area contributed by atoms with Crippen LogP contribution in [0.1, 0.15) is 102 Å². The maximum absolute atomic E-state index is 10.5. The van der Waals surface area contributed by atoms with E-state index < -0.39 is 5.97 Å². The molecule has 0 aromatic heterocycles. The Kier molecular flexibility index (Phi) is 15.4. The highest BCUT2D eigenvalue weighted by molar-refractivity contribution is 5.66. The lowest BCUT2D eigenvalue weighted by Crippen LogP contribution is -2.15. The van der Waals surface area contributed by atoms with Crippen molar-refractivity contribution in [2.45, 2.75) is 116 Å². The predicted octanol–water partition coefficient (Wildman–Crippen LogP) is 6.50. The van der Waals surface area contributed by atoms with Crippen LogP contribution in [0.25, 0.3) is 0 Å². The second-order valence-corrected chi connectivity index (χ2v) is 8.20. The molecular formula is C25H42O4. The molecule has 1 rings (SSSR count). The second-order valence-electron chi connectivity index (χ2n) is 8.20. The lowest BCUT2D eigenvalue weighted by Gasteiger charge is -2.19. The molecule has 0 radical (unpaired) electrons. The van der Waals surface area contributed by atoms with Gasteiger partial charge in [-0.2, -0.15) is 0 Å². The standard InChI is InChI=1S/C25H42O4/c1-2-3-8-18-24(29-21-22-14-9-7-10-15-22)19-13-17-23(26)16-11-5-4-6-12-20-25(27)28/h7,9-10,14-15,23-24,26H,2-6,8,11-13,16-21H2,1H3,(H,27,28). The Morgan fingerprint density at radius 2 is 1.48 bits per heavy atom. The molecule has 4 nitrogen and oxygen atoms in total. The monoisotopic (exact) mass is 406 g/mol. The molecule has 2 N–H and O–H groups in total. The van der Waals surface area contributed by atoms with E-state index in [1.807, 2.05) is 18.2 Å². The van der Waals surface area contributed by atoms with E-state index in [0.717, 1.165) is 64.2 Å². The Morgan fingerprint density at radius 1 is 0.862 bits per heavy atom. The zero-order valence-electron chi connectivity index (χ0n) is 18.4. The first-order valence-electron chi connectivity index (χ1n) is 11.7. The molecule has 0 spiro atoms. The van der Waals surface area contributed by atoms with Gasteiger partial charge in [0, 0.05) is 6.42 Å². The zero-order chi connectivity index (χ0) is 21.2. The summed E-state index contributed by atoms with van der Waals surface area (Å²) >= 11 is 0. The molecule has 0 fully saturated rings. The average Bonchev–Trinajstić information content (AvgIpc) is 2.71. The summed E-state index contributed by atoms with van der Waals surface area (Å²) in [5.41, 5.74) is 1.22. The number of ether oxygens (including phenoxy) is 1. The van der Waals surface area contributed by atoms with Gasteiger partial charge >= 0.3 is 5.97 Å². The van der Waals surface area contributed by atoms with Crippen molar-refractivity contribution in [3.8, 4) is 0 Å². The number of carboxylic acid groups (broad SMARTS) is 1. The molecule has 2 unspecified atom stereocenters. The maximum atomic E-state index is 10.5. The summed E-state index contributed by atoms with van der Waals surface area (Å²) in [6.45, 7) is 2.89. The van der Waals surface area contributed by atoms with Gasteiger partial charge in [0.25, 0.3) is 0 Å². The summed E-state index contributed by atoms with van der Waals surface area (Å²) in [5, 5.41) is 18.9. The van der Waals surface area contributed by atoms with Gasteiger partial charge in [-0.25, -0.2) is 0 Å². The molecule has 0 saturated carbocycles. The zero-order valence-corrected chi connectivity index (χ0v) is 18.4. The van der Waals surface area contributed by atoms with Crippen molar-refractivity contribution in [2.24, 2.45) is 0 Å². The Bertz CT molecular complexity index is 503. The molecule has 166 valence electrons. The van der Waals surface area contributed by atoms with Gasteiger partial charge in [0.15, 0.2) is 0 Å². The molecule has 1 aromatic carbocycles. The van der Waals surface area contributed by atoms with Crippen molar-refractivity contribution in [3.05, 3.63) is 35.9 Å². The minimum absolute atomic E-state index is 0.223. The molecule has 2 atom stereocenters. The molecule has 0 saturated heterocycles. The molecule has 0 heterocycles. The number of hydrogen-bond acceptors (Lipinski definition) is 3. The SMILES string of the molecule is CCCCCC(CCCC(O)CCCCCCCC(=O)O)OCc1ccccc1. The van der Waals surface area contributed by atoms with E-state index in [1.54, 1.807) is 0 Å². The number of rotatable bonds is 19. The maximum Gasteiger partial charge on any atom is 0.303 e. The number of aliphatic hydroxyl groups excluding tert-OH is 1. The average molecular weight is 407 g/mol. The quantitative estimate of drug-likeness (QED) is 0.257. The number of aliphatic carboxylic acids is 1. The van der Waals surface area contributed by atoms with Gasteiger partial charge < -0.3 is 14.9 Å². The normalized spacial score (nSPS) is 13.3. The summed E-state index contributed by atoms with van der Waals surface area (Å²) in [7, 11) is 0. The molecule has 0 bridgehead atoms. The first kappa shape index (κ1) is 25.6. The summed E-state index contributed by atoms with van der Waals surface area (Å²) in [4.78, 5) is 10.5. The Balaban J connectivity index is 2.15. The first-order chi connectivity index (χ1) is 14.1. The molecular weight excluding hydrogens is 364 g/mol. The summed E-state index contributed by atoms with van der Waals surface area (Å²) < 4.78 is 6.19. The van der Waals surface area contributed by atoms with Crippen LogP contribution in [0.5, 0.6) is 0 Å². The second kappa shape index (κ2) is 17.5. The van der Waals surface area contributed by atoms with Gasteiger partial charge in [-0.3, -0.25) is 4.79 Å². The fourth-order valence-electron chi connectivity index (χ4n) is 3.63. The molecule has 0 aliphatic heterocycles. The van der Waals surface area contributed by atoms with Crippen LogP contribution in [0.2, 0.25) is 0 Å². The number of aliphatic hydroxyl groups is 1. The van der Waals surface area contributed by atoms with Gasteiger partial charge in [-0.15, -0.1) is 0 Å². The highest BCUT2D eigenvalue weighted by atomic mass is 16.5. The van der Waals surface area contributed by atoms with E-state index in [-0.39, 0.29) is 18.6 Å². The van der Waals surface area contributed by atoms with E-state index in [9.17, 15) is 9.90 Å². The van der Waals surface area contributed by atoms with Crippen LogP contribution < -0.4 is 0 Å². The lowest BCUT2D eigenvalue weighted by atomic mass is 10.0. The van der Waals surface area contributed by atoms with Crippen LogP contribution in [0.3, 0.4) is 0 Å². The van der Waals surface area contributed by atoms with Gasteiger partial charge in [-0.05, 0) is 44.1 Å². The van der Waals surface area contributed by atoms with Gasteiger partial charge in [0.05, 0.1) is 18.8 Å². The van der Waals surface area contributed by atoms with Crippen molar-refractivity contribution in [3.63, 3.8) is 0 Å². The van der Waals surface area contributed by atoms with E-state index in [4.69, 9.17) is 9.84 Å². The van der Waals surface area contributed by atoms with Crippen LogP contribution in [-0.2, 0) is 16.1 Å². The lowest BCUT2D eigenvalue weighted by molar-refractivity contribution is -0.137. The number of carbonyl (C=O) groups is 1. The Hall–Kier alpha value is -1.39. The molecule has 1 aromatic rings. The first-order valence-corrected chi connectivity index (χ1v) is 11.7. The third kappa shape index (κ3) is 15.2. The Morgan fingerprint density at radius 3 is 2.21 bits per heavy atom. The summed E-state index contributed by atoms with van der Waals surface area (Å²) in [6, 6.07) is 10.3. The van der Waals surface area contributed by atoms with Gasteiger partial charge in [0.1, 0.15) is 0 Å². The highest BCUT2D eigenvalue weighted by Crippen LogP contribution is 2.18. The van der Waals surface area contributed by atoms with Crippen molar-refractivity contribution in [2.75, 3.05) is 0 Å². The molecule has 0 amide bonds. The van der Waals surface area contributed by atoms with E-state index >= 15 is 0 Å². The molecule has 0 aliphatic rings. The largest absolute Gasteiger partial charge is 0.481 e. The van der Waals surface area contributed by atoms with Crippen LogP contribution >= 0.6 is 0 Å². The Labute approximate surface area is 177 Å². The number of unbranched alkanes of at least 4 members (excludes halogenated alkanes) is 6. The van der Waals surface area contributed by atoms with E-state index in [1.165, 1.54) is 24.8 Å². The van der Waals surface area contributed by atoms with Crippen molar-refractivity contribution in [1.29, 1.82) is 0 Å². The van der Waals surface area contributed by atoms with Crippen molar-refractivity contribution in [1.82, 2.24) is 0 Å². The van der Waals surface area contributed by atoms with Gasteiger partial charge in [0.2, 0.25) is 0 Å². The minimum Gasteiger partial charge on any atom is -0.481 e. The number of hydrogen-bond donors (Lipinski definition) is 2. The fourth-order valence-corrected chi connectivity index (χ4v) is 3.63. The predicted molar refractivity (Wildman–Crippen MR) is 119 cm³/mol. The molecule has 29 heavy (non-hydrogen) atoms. The van der Waals surface area contributed by atoms with Crippen LogP contribution in [0.15, 0.2) is 30.3 Å². The van der Waals surface area contributed by atoms with Crippen molar-refractivity contribution >= 4 is 5.97 Å². The van der Waals surface area contributed by atoms with Gasteiger partial charge in [-0.1, -0.05) is 82.2 Å². The number of benzene rings is 1. The van der Waals surface area contributed by atoms with Crippen LogP contribution in [-0.4, -0.2) is 28.4 Å². The van der Waals surface area contributed by atoms with Crippen LogP contribution in [0.4, 0.5) is 0 Å². The third-order valence-electron chi connectivity index (χ3n) is 5.45. The third-order valence-corrected chi connectivity index (χ3v) is 5.45. The summed E-state index contributed by atoms with van der Waals surface area (Å²) in [6.07, 6.45) is 13.7. The molecule has 0 aliphatic carbocycles. The molecule has 4 heteroatoms. The summed E-state index contributed by atoms with van der Waals surface area (Å²) in [5.74, 6) is -0.707. The topological polar surface area (TPSA) is 66.8 Å². The van der Waals surface area contributed by atoms with Crippen molar-refractivity contribution < 1.29 is 19.7 Å². The van der Waals surface area contributed by atoms with E-state index in [0.29, 0.717) is 6.61 Å². The van der Waals surface area contributed by atoms with Crippen LogP contribution in [0, 0.1) is 0 Å². The number of carboxylic acids is 1. The van der Waals surface area contributed by atoms with E-state index in [2.05, 4.69) is 19.1 Å². The minimum atomic E-state index is -0.707. The highest BCUT2D eigenvalue weighted by Gasteiger charge is 2.11. The smallest absolute Gasteiger partial charge is 0.303 e.